The second kappa shape index (κ2) is 5.93. The summed E-state index contributed by atoms with van der Waals surface area (Å²) in [6, 6.07) is 11.4. The Balaban J connectivity index is 1.66. The second-order valence-corrected chi connectivity index (χ2v) is 5.57. The summed E-state index contributed by atoms with van der Waals surface area (Å²) in [6.07, 6.45) is 1.58. The van der Waals surface area contributed by atoms with Gasteiger partial charge in [-0.2, -0.15) is 0 Å². The van der Waals surface area contributed by atoms with E-state index in [-0.39, 0.29) is 5.91 Å². The van der Waals surface area contributed by atoms with Crippen molar-refractivity contribution in [3.8, 4) is 10.8 Å². The van der Waals surface area contributed by atoms with E-state index in [4.69, 9.17) is 4.42 Å². The van der Waals surface area contributed by atoms with Crippen molar-refractivity contribution in [2.24, 2.45) is 0 Å². The van der Waals surface area contributed by atoms with Crippen LogP contribution in [-0.2, 0) is 6.54 Å². The highest BCUT2D eigenvalue weighted by molar-refractivity contribution is 7.13. The number of carbonyl (C=O) groups excluding carboxylic acids is 1. The molecule has 3 aromatic rings. The number of amides is 1. The molecule has 2 aromatic heterocycles. The summed E-state index contributed by atoms with van der Waals surface area (Å²) in [5, 5.41) is 4.83. The van der Waals surface area contributed by atoms with Crippen molar-refractivity contribution < 1.29 is 9.21 Å². The molecule has 1 aromatic carbocycles. The smallest absolute Gasteiger partial charge is 0.251 e. The molecule has 0 bridgehead atoms. The lowest BCUT2D eigenvalue weighted by Gasteiger charge is -2.05. The number of aromatic nitrogens is 1. The van der Waals surface area contributed by atoms with Crippen molar-refractivity contribution in [2.75, 3.05) is 0 Å². The number of carbonyl (C=O) groups is 1. The summed E-state index contributed by atoms with van der Waals surface area (Å²) in [4.78, 5) is 17.5. The van der Waals surface area contributed by atoms with E-state index in [0.717, 1.165) is 10.4 Å². The van der Waals surface area contributed by atoms with E-state index < -0.39 is 0 Å². The molecule has 4 nitrogen and oxygen atoms in total. The van der Waals surface area contributed by atoms with Gasteiger partial charge in [0.1, 0.15) is 6.26 Å². The Kier molecular flexibility index (Phi) is 3.83. The molecule has 0 atom stereocenters. The highest BCUT2D eigenvalue weighted by Crippen LogP contribution is 2.23. The third-order valence-corrected chi connectivity index (χ3v) is 3.96. The van der Waals surface area contributed by atoms with Crippen LogP contribution in [0.4, 0.5) is 0 Å². The minimum Gasteiger partial charge on any atom is -0.443 e. The van der Waals surface area contributed by atoms with Gasteiger partial charge in [-0.1, -0.05) is 24.3 Å². The lowest BCUT2D eigenvalue weighted by Crippen LogP contribution is -2.23. The predicted octanol–water partition coefficient (Wildman–Crippen LogP) is 3.64. The van der Waals surface area contributed by atoms with Crippen LogP contribution in [0.25, 0.3) is 10.8 Å². The summed E-state index contributed by atoms with van der Waals surface area (Å²) >= 11 is 1.57. The molecular weight excluding hydrogens is 284 g/mol. The third kappa shape index (κ3) is 3.03. The van der Waals surface area contributed by atoms with E-state index in [2.05, 4.69) is 10.3 Å². The molecule has 106 valence electrons. The molecule has 1 N–H and O–H groups in total. The summed E-state index contributed by atoms with van der Waals surface area (Å²) < 4.78 is 5.42. The Hall–Kier alpha value is -2.40. The lowest BCUT2D eigenvalue weighted by atomic mass is 10.1. The van der Waals surface area contributed by atoms with Crippen molar-refractivity contribution in [1.29, 1.82) is 0 Å². The molecule has 0 aliphatic heterocycles. The van der Waals surface area contributed by atoms with Gasteiger partial charge in [-0.05, 0) is 30.0 Å². The zero-order valence-corrected chi connectivity index (χ0v) is 12.3. The van der Waals surface area contributed by atoms with Gasteiger partial charge in [-0.15, -0.1) is 11.3 Å². The maximum atomic E-state index is 12.1. The van der Waals surface area contributed by atoms with Gasteiger partial charge >= 0.3 is 0 Å². The van der Waals surface area contributed by atoms with E-state index in [1.165, 1.54) is 0 Å². The number of hydrogen-bond acceptors (Lipinski definition) is 4. The minimum absolute atomic E-state index is 0.103. The molecule has 21 heavy (non-hydrogen) atoms. The van der Waals surface area contributed by atoms with Gasteiger partial charge in [0.2, 0.25) is 5.89 Å². The lowest BCUT2D eigenvalue weighted by molar-refractivity contribution is 0.0950. The van der Waals surface area contributed by atoms with Crippen LogP contribution >= 0.6 is 11.3 Å². The quantitative estimate of drug-likeness (QED) is 0.800. The van der Waals surface area contributed by atoms with Crippen LogP contribution in [0, 0.1) is 6.92 Å². The van der Waals surface area contributed by atoms with Crippen LogP contribution in [0.2, 0.25) is 0 Å². The van der Waals surface area contributed by atoms with E-state index in [1.807, 2.05) is 48.7 Å². The van der Waals surface area contributed by atoms with Crippen LogP contribution in [0.1, 0.15) is 21.6 Å². The number of benzene rings is 1. The molecule has 0 aliphatic rings. The first-order valence-electron chi connectivity index (χ1n) is 6.56. The predicted molar refractivity (Wildman–Crippen MR) is 82.2 cm³/mol. The highest BCUT2D eigenvalue weighted by Gasteiger charge is 2.11. The van der Waals surface area contributed by atoms with Gasteiger partial charge in [-0.25, -0.2) is 4.98 Å². The molecule has 3 rings (SSSR count). The van der Waals surface area contributed by atoms with Crippen molar-refractivity contribution in [2.45, 2.75) is 13.5 Å². The topological polar surface area (TPSA) is 55.1 Å². The normalized spacial score (nSPS) is 10.5. The Morgan fingerprint density at radius 2 is 2.14 bits per heavy atom. The average molecular weight is 298 g/mol. The number of nitrogens with zero attached hydrogens (tertiary/aromatic N) is 1. The van der Waals surface area contributed by atoms with Crippen LogP contribution < -0.4 is 5.32 Å². The van der Waals surface area contributed by atoms with Crippen LogP contribution in [-0.4, -0.2) is 10.9 Å². The molecule has 0 aliphatic carbocycles. The molecule has 0 unspecified atom stereocenters. The number of oxazole rings is 1. The van der Waals surface area contributed by atoms with Crippen molar-refractivity contribution in [3.63, 3.8) is 0 Å². The first kappa shape index (κ1) is 13.6. The third-order valence-electron chi connectivity index (χ3n) is 3.10. The maximum absolute atomic E-state index is 12.1. The first-order chi connectivity index (χ1) is 10.2. The minimum atomic E-state index is -0.103. The summed E-state index contributed by atoms with van der Waals surface area (Å²) in [5.74, 6) is 0.485. The van der Waals surface area contributed by atoms with E-state index >= 15 is 0 Å². The fraction of sp³-hybridized carbons (Fsp3) is 0.125. The van der Waals surface area contributed by atoms with Gasteiger partial charge in [-0.3, -0.25) is 4.79 Å². The Labute approximate surface area is 126 Å². The van der Waals surface area contributed by atoms with Crippen LogP contribution in [0.5, 0.6) is 0 Å². The van der Waals surface area contributed by atoms with Gasteiger partial charge in [0, 0.05) is 5.56 Å². The zero-order valence-electron chi connectivity index (χ0n) is 11.5. The Morgan fingerprint density at radius 1 is 1.29 bits per heavy atom. The number of nitrogens with one attached hydrogen (secondary N) is 1. The van der Waals surface area contributed by atoms with Gasteiger partial charge in [0.15, 0.2) is 0 Å². The van der Waals surface area contributed by atoms with Crippen LogP contribution in [0.3, 0.4) is 0 Å². The molecule has 0 saturated carbocycles. The monoisotopic (exact) mass is 298 g/mol. The van der Waals surface area contributed by atoms with Crippen molar-refractivity contribution in [3.05, 3.63) is 64.9 Å². The second-order valence-electron chi connectivity index (χ2n) is 4.62. The fourth-order valence-corrected chi connectivity index (χ4v) is 2.65. The summed E-state index contributed by atoms with van der Waals surface area (Å²) in [5.41, 5.74) is 2.34. The molecule has 2 heterocycles. The molecule has 0 radical (unpaired) electrons. The fourth-order valence-electron chi connectivity index (χ4n) is 2.00. The van der Waals surface area contributed by atoms with Gasteiger partial charge in [0.25, 0.3) is 5.91 Å². The number of hydrogen-bond donors (Lipinski definition) is 1. The van der Waals surface area contributed by atoms with Crippen molar-refractivity contribution >= 4 is 17.2 Å². The van der Waals surface area contributed by atoms with E-state index in [9.17, 15) is 4.79 Å². The molecule has 1 amide bonds. The largest absolute Gasteiger partial charge is 0.443 e. The number of thiophene rings is 1. The molecular formula is C16H14N2O2S. The van der Waals surface area contributed by atoms with Gasteiger partial charge < -0.3 is 9.73 Å². The molecule has 0 fully saturated rings. The standard InChI is InChI=1S/C16H14N2O2S/c1-11-5-2-3-6-13(11)15(19)17-9-12-10-20-16(18-12)14-7-4-8-21-14/h2-8,10H,9H2,1H3,(H,17,19). The Bertz CT molecular complexity index is 747. The first-order valence-corrected chi connectivity index (χ1v) is 7.44. The van der Waals surface area contributed by atoms with E-state index in [1.54, 1.807) is 17.6 Å². The highest BCUT2D eigenvalue weighted by atomic mass is 32.1. The molecule has 0 saturated heterocycles. The molecule has 0 spiro atoms. The Morgan fingerprint density at radius 3 is 2.90 bits per heavy atom. The summed E-state index contributed by atoms with van der Waals surface area (Å²) in [6.45, 7) is 2.27. The summed E-state index contributed by atoms with van der Waals surface area (Å²) in [7, 11) is 0. The number of rotatable bonds is 4. The van der Waals surface area contributed by atoms with E-state index in [0.29, 0.717) is 23.7 Å². The van der Waals surface area contributed by atoms with Gasteiger partial charge in [0.05, 0.1) is 17.1 Å². The van der Waals surface area contributed by atoms with Crippen LogP contribution in [0.15, 0.2) is 52.5 Å². The number of aryl methyl sites for hydroxylation is 1. The average Bonchev–Trinajstić information content (AvgIpc) is 3.16. The maximum Gasteiger partial charge on any atom is 0.251 e. The zero-order chi connectivity index (χ0) is 14.7. The molecule has 5 heteroatoms. The SMILES string of the molecule is Cc1ccccc1C(=O)NCc1coc(-c2cccs2)n1. The van der Waals surface area contributed by atoms with Crippen molar-refractivity contribution in [1.82, 2.24) is 10.3 Å².